The van der Waals surface area contributed by atoms with Gasteiger partial charge in [0.1, 0.15) is 16.4 Å². The summed E-state index contributed by atoms with van der Waals surface area (Å²) >= 11 is 0.938. The highest BCUT2D eigenvalue weighted by Gasteiger charge is 2.48. The van der Waals surface area contributed by atoms with Crippen molar-refractivity contribution < 1.29 is 38.4 Å². The number of carbonyl (C=O) groups excluding carboxylic acids is 3. The summed E-state index contributed by atoms with van der Waals surface area (Å²) in [6.07, 6.45) is 1.90. The molecule has 1 atom stereocenters. The molecule has 216 valence electrons. The van der Waals surface area contributed by atoms with E-state index in [-0.39, 0.29) is 27.9 Å². The zero-order valence-corrected chi connectivity index (χ0v) is 24.4. The molecule has 0 radical (unpaired) electrons. The van der Waals surface area contributed by atoms with Gasteiger partial charge in [-0.25, -0.2) is 9.78 Å². The number of thiazole rings is 1. The number of anilines is 1. The second-order valence-corrected chi connectivity index (χ2v) is 10.1. The quantitative estimate of drug-likeness (QED) is 0.104. The van der Waals surface area contributed by atoms with Crippen LogP contribution in [-0.4, -0.2) is 55.2 Å². The normalized spacial score (nSPS) is 16.1. The first-order valence-electron chi connectivity index (χ1n) is 13.2. The molecule has 10 nitrogen and oxygen atoms in total. The molecule has 1 aliphatic heterocycles. The predicted molar refractivity (Wildman–Crippen MR) is 154 cm³/mol. The number of benzene rings is 2. The van der Waals surface area contributed by atoms with Gasteiger partial charge in [0.15, 0.2) is 16.6 Å². The van der Waals surface area contributed by atoms with Crippen LogP contribution in [0, 0.1) is 6.92 Å². The van der Waals surface area contributed by atoms with Gasteiger partial charge in [-0.2, -0.15) is 0 Å². The van der Waals surface area contributed by atoms with Crippen LogP contribution in [0.5, 0.6) is 17.2 Å². The Kier molecular flexibility index (Phi) is 9.28. The van der Waals surface area contributed by atoms with Crippen molar-refractivity contribution >= 4 is 39.9 Å². The summed E-state index contributed by atoms with van der Waals surface area (Å²) in [6, 6.07) is 10.5. The average Bonchev–Trinajstić information content (AvgIpc) is 3.49. The highest BCUT2D eigenvalue weighted by atomic mass is 32.1. The Hall–Kier alpha value is -4.38. The van der Waals surface area contributed by atoms with Crippen LogP contribution in [0.2, 0.25) is 0 Å². The maximum absolute atomic E-state index is 13.5. The number of aliphatic hydroxyl groups excluding tert-OH is 1. The van der Waals surface area contributed by atoms with Gasteiger partial charge in [-0.05, 0) is 62.2 Å². The molecule has 2 aromatic carbocycles. The largest absolute Gasteiger partial charge is 0.507 e. The molecule has 0 aliphatic carbocycles. The number of ether oxygens (including phenoxy) is 4. The molecule has 1 aromatic heterocycles. The summed E-state index contributed by atoms with van der Waals surface area (Å²) in [4.78, 5) is 45.4. The van der Waals surface area contributed by atoms with E-state index >= 15 is 0 Å². The molecule has 1 fully saturated rings. The Balaban J connectivity index is 1.86. The first kappa shape index (κ1) is 29.6. The number of aliphatic hydroxyl groups is 1. The first-order chi connectivity index (χ1) is 19.7. The summed E-state index contributed by atoms with van der Waals surface area (Å²) in [6.45, 7) is 6.11. The van der Waals surface area contributed by atoms with Gasteiger partial charge in [0.2, 0.25) is 0 Å². The second kappa shape index (κ2) is 12.9. The number of nitrogens with zero attached hydrogens (tertiary/aromatic N) is 2. The third-order valence-electron chi connectivity index (χ3n) is 6.51. The average molecular weight is 581 g/mol. The number of Topliss-reactive ketones (excluding diaryl/α,β-unsaturated/α-hetero) is 1. The number of unbranched alkanes of at least 4 members (excludes halogenated alkanes) is 1. The van der Waals surface area contributed by atoms with E-state index < -0.39 is 23.7 Å². The number of aryl methyl sites for hydroxylation is 1. The standard InChI is InChI=1S/C30H32N2O8S/c1-6-8-15-40-20-12-9-18(10-13-20)25(33)23-24(19-11-14-21(37-4)22(16-19)38-5)32(28(35)26(23)34)30-31-17(3)27(41-30)29(36)39-7-2/h9-14,16,24,33H,6-8,15H2,1-5H3. The zero-order chi connectivity index (χ0) is 29.7. The van der Waals surface area contributed by atoms with Gasteiger partial charge in [0.05, 0.1) is 44.7 Å². The second-order valence-electron chi connectivity index (χ2n) is 9.14. The van der Waals surface area contributed by atoms with Crippen molar-refractivity contribution in [2.75, 3.05) is 32.3 Å². The fraction of sp³-hybridized carbons (Fsp3) is 0.333. The van der Waals surface area contributed by atoms with Crippen molar-refractivity contribution in [2.24, 2.45) is 0 Å². The minimum Gasteiger partial charge on any atom is -0.507 e. The van der Waals surface area contributed by atoms with Crippen molar-refractivity contribution in [1.82, 2.24) is 4.98 Å². The first-order valence-corrected chi connectivity index (χ1v) is 14.0. The Morgan fingerprint density at radius 3 is 2.39 bits per heavy atom. The minimum atomic E-state index is -1.07. The van der Waals surface area contributed by atoms with Crippen molar-refractivity contribution in [3.05, 3.63) is 69.7 Å². The molecule has 41 heavy (non-hydrogen) atoms. The number of aromatic nitrogens is 1. The Morgan fingerprint density at radius 1 is 1.05 bits per heavy atom. The Morgan fingerprint density at radius 2 is 1.76 bits per heavy atom. The molecule has 1 unspecified atom stereocenters. The molecule has 11 heteroatoms. The summed E-state index contributed by atoms with van der Waals surface area (Å²) in [7, 11) is 2.97. The molecule has 2 heterocycles. The van der Waals surface area contributed by atoms with Crippen LogP contribution in [0.3, 0.4) is 0 Å². The minimum absolute atomic E-state index is 0.117. The highest BCUT2D eigenvalue weighted by molar-refractivity contribution is 7.17. The summed E-state index contributed by atoms with van der Waals surface area (Å²) in [5.41, 5.74) is 1.02. The summed E-state index contributed by atoms with van der Waals surface area (Å²) < 4.78 is 21.7. The van der Waals surface area contributed by atoms with Gasteiger partial charge < -0.3 is 24.1 Å². The van der Waals surface area contributed by atoms with Crippen molar-refractivity contribution in [2.45, 2.75) is 39.7 Å². The summed E-state index contributed by atoms with van der Waals surface area (Å²) in [5, 5.41) is 11.6. The van der Waals surface area contributed by atoms with E-state index in [1.54, 1.807) is 56.3 Å². The van der Waals surface area contributed by atoms with E-state index in [1.807, 2.05) is 0 Å². The topological polar surface area (TPSA) is 124 Å². The van der Waals surface area contributed by atoms with Crippen LogP contribution < -0.4 is 19.1 Å². The number of esters is 1. The van der Waals surface area contributed by atoms with Crippen LogP contribution in [0.15, 0.2) is 48.0 Å². The van der Waals surface area contributed by atoms with E-state index in [9.17, 15) is 19.5 Å². The number of ketones is 1. The molecule has 0 bridgehead atoms. The third-order valence-corrected chi connectivity index (χ3v) is 7.65. The number of hydrogen-bond acceptors (Lipinski definition) is 10. The maximum Gasteiger partial charge on any atom is 0.350 e. The molecule has 1 N–H and O–H groups in total. The predicted octanol–water partition coefficient (Wildman–Crippen LogP) is 5.45. The number of hydrogen-bond donors (Lipinski definition) is 1. The van der Waals surface area contributed by atoms with Crippen molar-refractivity contribution in [3.8, 4) is 17.2 Å². The lowest BCUT2D eigenvalue weighted by Gasteiger charge is -2.23. The van der Waals surface area contributed by atoms with E-state index in [4.69, 9.17) is 18.9 Å². The van der Waals surface area contributed by atoms with Crippen LogP contribution in [0.1, 0.15) is 59.2 Å². The number of amides is 1. The van der Waals surface area contributed by atoms with Crippen LogP contribution >= 0.6 is 11.3 Å². The van der Waals surface area contributed by atoms with Crippen LogP contribution in [0.4, 0.5) is 5.13 Å². The molecule has 3 aromatic rings. The number of carbonyl (C=O) groups is 3. The van der Waals surface area contributed by atoms with Gasteiger partial charge in [-0.3, -0.25) is 14.5 Å². The molecule has 4 rings (SSSR count). The maximum atomic E-state index is 13.5. The Labute approximate surface area is 242 Å². The molecular formula is C30H32N2O8S. The Bertz CT molecular complexity index is 1480. The van der Waals surface area contributed by atoms with Gasteiger partial charge in [0, 0.05) is 5.56 Å². The smallest absolute Gasteiger partial charge is 0.350 e. The van der Waals surface area contributed by atoms with Gasteiger partial charge in [-0.1, -0.05) is 30.7 Å². The third kappa shape index (κ3) is 5.90. The molecule has 1 amide bonds. The van der Waals surface area contributed by atoms with Gasteiger partial charge >= 0.3 is 11.9 Å². The van der Waals surface area contributed by atoms with Crippen LogP contribution in [0.25, 0.3) is 5.76 Å². The van der Waals surface area contributed by atoms with Gasteiger partial charge in [-0.15, -0.1) is 0 Å². The fourth-order valence-electron chi connectivity index (χ4n) is 4.44. The lowest BCUT2D eigenvalue weighted by atomic mass is 9.95. The summed E-state index contributed by atoms with van der Waals surface area (Å²) in [5.74, 6) is -1.28. The lowest BCUT2D eigenvalue weighted by Crippen LogP contribution is -2.29. The van der Waals surface area contributed by atoms with E-state index in [0.29, 0.717) is 40.7 Å². The lowest BCUT2D eigenvalue weighted by molar-refractivity contribution is -0.132. The SMILES string of the molecule is CCCCOc1ccc(C(O)=C2C(=O)C(=O)N(c3nc(C)c(C(=O)OCC)s3)C2c2ccc(OC)c(OC)c2)cc1. The highest BCUT2D eigenvalue weighted by Crippen LogP contribution is 2.45. The van der Waals surface area contributed by atoms with E-state index in [1.165, 1.54) is 19.1 Å². The fourth-order valence-corrected chi connectivity index (χ4v) is 5.43. The molecular weight excluding hydrogens is 548 g/mol. The van der Waals surface area contributed by atoms with Crippen molar-refractivity contribution in [3.63, 3.8) is 0 Å². The zero-order valence-electron chi connectivity index (χ0n) is 23.6. The molecule has 1 aliphatic rings. The molecule has 0 spiro atoms. The monoisotopic (exact) mass is 580 g/mol. The molecule has 1 saturated heterocycles. The van der Waals surface area contributed by atoms with Crippen molar-refractivity contribution in [1.29, 1.82) is 0 Å². The number of rotatable bonds is 11. The van der Waals surface area contributed by atoms with E-state index in [2.05, 4.69) is 11.9 Å². The molecule has 0 saturated carbocycles. The van der Waals surface area contributed by atoms with Gasteiger partial charge in [0.25, 0.3) is 5.78 Å². The van der Waals surface area contributed by atoms with Crippen LogP contribution in [-0.2, 0) is 14.3 Å². The van der Waals surface area contributed by atoms with E-state index in [0.717, 1.165) is 24.2 Å². The number of methoxy groups -OCH3 is 2.